The van der Waals surface area contributed by atoms with Crippen LogP contribution in [-0.4, -0.2) is 47.5 Å². The van der Waals surface area contributed by atoms with Crippen molar-refractivity contribution in [3.05, 3.63) is 0 Å². The molecule has 1 aliphatic carbocycles. The fourth-order valence-corrected chi connectivity index (χ4v) is 4.73. The second-order valence-corrected chi connectivity index (χ2v) is 7.43. The minimum absolute atomic E-state index is 0.375. The van der Waals surface area contributed by atoms with E-state index >= 15 is 0 Å². The standard InChI is InChI=1S/C16H31N3S/c1-4-19(5-2)11-7-10-17-15-18-16(13-20-15)9-6-8-14(3)12-16/h14H,4-13H2,1-3H3,(H,17,18). The van der Waals surface area contributed by atoms with Crippen molar-refractivity contribution < 1.29 is 0 Å². The molecule has 0 aromatic rings. The molecule has 0 aromatic carbocycles. The van der Waals surface area contributed by atoms with Crippen LogP contribution in [-0.2, 0) is 0 Å². The van der Waals surface area contributed by atoms with Crippen molar-refractivity contribution in [3.63, 3.8) is 0 Å². The number of amidine groups is 1. The average molecular weight is 298 g/mol. The van der Waals surface area contributed by atoms with Gasteiger partial charge in [-0.3, -0.25) is 4.99 Å². The molecule has 4 heteroatoms. The van der Waals surface area contributed by atoms with E-state index in [0.717, 1.165) is 25.6 Å². The lowest BCUT2D eigenvalue weighted by Gasteiger charge is -2.36. The summed E-state index contributed by atoms with van der Waals surface area (Å²) in [6.07, 6.45) is 6.63. The number of nitrogens with one attached hydrogen (secondary N) is 1. The molecular formula is C16H31N3S. The minimum Gasteiger partial charge on any atom is -0.359 e. The Morgan fingerprint density at radius 1 is 1.40 bits per heavy atom. The molecule has 1 saturated heterocycles. The second kappa shape index (κ2) is 7.69. The maximum absolute atomic E-state index is 4.78. The van der Waals surface area contributed by atoms with E-state index in [1.54, 1.807) is 0 Å². The van der Waals surface area contributed by atoms with Gasteiger partial charge in [-0.15, -0.1) is 0 Å². The summed E-state index contributed by atoms with van der Waals surface area (Å²) in [5.74, 6) is 2.10. The Morgan fingerprint density at radius 3 is 2.90 bits per heavy atom. The van der Waals surface area contributed by atoms with Crippen LogP contribution < -0.4 is 5.32 Å². The zero-order chi connectivity index (χ0) is 14.4. The van der Waals surface area contributed by atoms with Crippen molar-refractivity contribution in [3.8, 4) is 0 Å². The third kappa shape index (κ3) is 4.39. The predicted molar refractivity (Wildman–Crippen MR) is 90.7 cm³/mol. The maximum Gasteiger partial charge on any atom is 0.157 e. The topological polar surface area (TPSA) is 27.6 Å². The third-order valence-electron chi connectivity index (χ3n) is 4.73. The van der Waals surface area contributed by atoms with Crippen molar-refractivity contribution >= 4 is 16.9 Å². The first-order valence-electron chi connectivity index (χ1n) is 8.35. The van der Waals surface area contributed by atoms with Gasteiger partial charge in [-0.1, -0.05) is 45.4 Å². The summed E-state index contributed by atoms with van der Waals surface area (Å²) in [4.78, 5) is 7.25. The van der Waals surface area contributed by atoms with Gasteiger partial charge in [0.2, 0.25) is 0 Å². The fourth-order valence-electron chi connectivity index (χ4n) is 3.51. The third-order valence-corrected chi connectivity index (χ3v) is 5.93. The Kier molecular flexibility index (Phi) is 6.21. The molecule has 2 fully saturated rings. The highest BCUT2D eigenvalue weighted by Gasteiger charge is 2.40. The molecule has 2 aliphatic rings. The van der Waals surface area contributed by atoms with E-state index in [1.807, 2.05) is 11.8 Å². The van der Waals surface area contributed by atoms with Crippen molar-refractivity contribution in [1.82, 2.24) is 10.2 Å². The molecule has 1 aliphatic heterocycles. The fraction of sp³-hybridized carbons (Fsp3) is 0.938. The highest BCUT2D eigenvalue weighted by molar-refractivity contribution is 8.14. The summed E-state index contributed by atoms with van der Waals surface area (Å²) in [5, 5.41) is 4.96. The van der Waals surface area contributed by atoms with Gasteiger partial charge in [-0.25, -0.2) is 0 Å². The van der Waals surface area contributed by atoms with Gasteiger partial charge < -0.3 is 10.2 Å². The molecule has 0 bridgehead atoms. The van der Waals surface area contributed by atoms with Crippen LogP contribution in [0.25, 0.3) is 0 Å². The summed E-state index contributed by atoms with van der Waals surface area (Å²) in [6.45, 7) is 11.3. The van der Waals surface area contributed by atoms with Gasteiger partial charge in [0.1, 0.15) is 0 Å². The van der Waals surface area contributed by atoms with Crippen molar-refractivity contribution in [1.29, 1.82) is 0 Å². The number of thioether (sulfide) groups is 1. The van der Waals surface area contributed by atoms with Gasteiger partial charge in [-0.2, -0.15) is 0 Å². The monoisotopic (exact) mass is 297 g/mol. The number of hydrogen-bond donors (Lipinski definition) is 1. The molecule has 0 radical (unpaired) electrons. The zero-order valence-corrected chi connectivity index (χ0v) is 14.3. The molecule has 0 amide bonds. The van der Waals surface area contributed by atoms with E-state index in [-0.39, 0.29) is 0 Å². The van der Waals surface area contributed by atoms with E-state index in [1.165, 1.54) is 49.6 Å². The number of rotatable bonds is 6. The van der Waals surface area contributed by atoms with Gasteiger partial charge >= 0.3 is 0 Å². The number of nitrogens with zero attached hydrogens (tertiary/aromatic N) is 2. The van der Waals surface area contributed by atoms with E-state index in [2.05, 4.69) is 31.0 Å². The highest BCUT2D eigenvalue weighted by atomic mass is 32.2. The summed E-state index contributed by atoms with van der Waals surface area (Å²) >= 11 is 1.95. The summed E-state index contributed by atoms with van der Waals surface area (Å²) in [5.41, 5.74) is 0.375. The van der Waals surface area contributed by atoms with Gasteiger partial charge in [0.15, 0.2) is 5.17 Å². The molecule has 2 atom stereocenters. The maximum atomic E-state index is 4.78. The first-order valence-corrected chi connectivity index (χ1v) is 9.34. The van der Waals surface area contributed by atoms with Crippen LogP contribution in [0.3, 0.4) is 0 Å². The number of aliphatic imine (C=N–C) groups is 1. The van der Waals surface area contributed by atoms with Crippen LogP contribution in [0.5, 0.6) is 0 Å². The lowest BCUT2D eigenvalue weighted by atomic mass is 9.78. The van der Waals surface area contributed by atoms with Gasteiger partial charge in [0.05, 0.1) is 0 Å². The SMILES string of the molecule is CCN(CC)CCCN=C1NC2(CCCC(C)C2)CS1. The van der Waals surface area contributed by atoms with Crippen LogP contribution in [0.4, 0.5) is 0 Å². The Balaban J connectivity index is 1.73. The summed E-state index contributed by atoms with van der Waals surface area (Å²) in [6, 6.07) is 0. The van der Waals surface area contributed by atoms with Gasteiger partial charge in [0.25, 0.3) is 0 Å². The number of hydrogen-bond acceptors (Lipinski definition) is 3. The summed E-state index contributed by atoms with van der Waals surface area (Å²) < 4.78 is 0. The van der Waals surface area contributed by atoms with Crippen molar-refractivity contribution in [2.45, 2.75) is 58.4 Å². The molecule has 3 nitrogen and oxygen atoms in total. The van der Waals surface area contributed by atoms with Crippen LogP contribution in [0.15, 0.2) is 4.99 Å². The summed E-state index contributed by atoms with van der Waals surface area (Å²) in [7, 11) is 0. The Hall–Kier alpha value is -0.220. The predicted octanol–water partition coefficient (Wildman–Crippen LogP) is 3.36. The molecule has 1 N–H and O–H groups in total. The lowest BCUT2D eigenvalue weighted by Crippen LogP contribution is -2.47. The van der Waals surface area contributed by atoms with Crippen LogP contribution in [0.1, 0.15) is 52.9 Å². The molecule has 1 spiro atoms. The molecule has 2 unspecified atom stereocenters. The van der Waals surface area contributed by atoms with E-state index in [4.69, 9.17) is 4.99 Å². The second-order valence-electron chi connectivity index (χ2n) is 6.46. The Morgan fingerprint density at radius 2 is 2.20 bits per heavy atom. The van der Waals surface area contributed by atoms with E-state index in [9.17, 15) is 0 Å². The first kappa shape index (κ1) is 16.2. The lowest BCUT2D eigenvalue weighted by molar-refractivity contribution is 0.242. The Labute approximate surface area is 129 Å². The molecule has 20 heavy (non-hydrogen) atoms. The molecule has 1 heterocycles. The molecule has 1 saturated carbocycles. The quantitative estimate of drug-likeness (QED) is 0.762. The first-order chi connectivity index (χ1) is 9.67. The molecule has 0 aromatic heterocycles. The molecule has 116 valence electrons. The largest absolute Gasteiger partial charge is 0.359 e. The van der Waals surface area contributed by atoms with Crippen LogP contribution >= 0.6 is 11.8 Å². The highest BCUT2D eigenvalue weighted by Crippen LogP contribution is 2.38. The average Bonchev–Trinajstić information content (AvgIpc) is 2.81. The van der Waals surface area contributed by atoms with Gasteiger partial charge in [-0.05, 0) is 44.8 Å². The van der Waals surface area contributed by atoms with E-state index in [0.29, 0.717) is 5.54 Å². The molecular weight excluding hydrogens is 266 g/mol. The zero-order valence-electron chi connectivity index (χ0n) is 13.5. The Bertz CT molecular complexity index is 328. The minimum atomic E-state index is 0.375. The molecule has 2 rings (SSSR count). The van der Waals surface area contributed by atoms with Crippen LogP contribution in [0.2, 0.25) is 0 Å². The normalized spacial score (nSPS) is 32.2. The smallest absolute Gasteiger partial charge is 0.157 e. The van der Waals surface area contributed by atoms with Crippen LogP contribution in [0, 0.1) is 5.92 Å². The van der Waals surface area contributed by atoms with Crippen molar-refractivity contribution in [2.75, 3.05) is 31.9 Å². The van der Waals surface area contributed by atoms with E-state index < -0.39 is 0 Å². The van der Waals surface area contributed by atoms with Crippen molar-refractivity contribution in [2.24, 2.45) is 10.9 Å². The van der Waals surface area contributed by atoms with Gasteiger partial charge in [0, 0.05) is 17.8 Å².